The van der Waals surface area contributed by atoms with Gasteiger partial charge in [0.15, 0.2) is 0 Å². The summed E-state index contributed by atoms with van der Waals surface area (Å²) < 4.78 is 5.43. The van der Waals surface area contributed by atoms with E-state index in [1.807, 2.05) is 31.3 Å². The predicted molar refractivity (Wildman–Crippen MR) is 48.6 cm³/mol. The van der Waals surface area contributed by atoms with E-state index in [4.69, 9.17) is 4.74 Å². The highest BCUT2D eigenvalue weighted by molar-refractivity contribution is 5.53. The number of para-hydroxylation sites is 1. The van der Waals surface area contributed by atoms with Gasteiger partial charge in [-0.05, 0) is 13.0 Å². The Morgan fingerprint density at radius 2 is 2.17 bits per heavy atom. The minimum absolute atomic E-state index is 0.658. The van der Waals surface area contributed by atoms with Gasteiger partial charge in [-0.1, -0.05) is 18.2 Å². The molecule has 62 valence electrons. The zero-order chi connectivity index (χ0) is 8.39. The Kier molecular flexibility index (Phi) is 1.74. The Balaban J connectivity index is 2.35. The van der Waals surface area contributed by atoms with E-state index < -0.39 is 0 Å². The van der Waals surface area contributed by atoms with Crippen LogP contribution in [0.5, 0.6) is 0 Å². The minimum Gasteiger partial charge on any atom is -0.492 e. The number of benzene rings is 1. The second-order valence-corrected chi connectivity index (χ2v) is 2.85. The Morgan fingerprint density at radius 1 is 1.33 bits per heavy atom. The molecule has 0 saturated heterocycles. The van der Waals surface area contributed by atoms with Crippen LogP contribution >= 0.6 is 0 Å². The van der Waals surface area contributed by atoms with Crippen LogP contribution in [0.25, 0.3) is 0 Å². The van der Waals surface area contributed by atoms with E-state index in [-0.39, 0.29) is 0 Å². The van der Waals surface area contributed by atoms with Crippen LogP contribution < -0.4 is 5.32 Å². The molecular weight excluding hydrogens is 150 g/mol. The number of fused-ring (bicyclic) bond motifs is 1. The molecule has 1 aromatic rings. The SMILES string of the molecule is CC1=CNc2ccccc2CO1. The van der Waals surface area contributed by atoms with Gasteiger partial charge in [-0.2, -0.15) is 0 Å². The first-order valence-electron chi connectivity index (χ1n) is 4.00. The van der Waals surface area contributed by atoms with E-state index in [9.17, 15) is 0 Å². The summed E-state index contributed by atoms with van der Waals surface area (Å²) in [5, 5.41) is 3.19. The summed E-state index contributed by atoms with van der Waals surface area (Å²) in [5.74, 6) is 0.922. The molecule has 0 aromatic heterocycles. The Hall–Kier alpha value is -1.44. The van der Waals surface area contributed by atoms with Gasteiger partial charge in [-0.15, -0.1) is 0 Å². The molecule has 0 fully saturated rings. The number of allylic oxidation sites excluding steroid dienone is 1. The van der Waals surface area contributed by atoms with Crippen LogP contribution in [0, 0.1) is 0 Å². The van der Waals surface area contributed by atoms with Crippen LogP contribution in [-0.4, -0.2) is 0 Å². The Bertz CT molecular complexity index is 317. The normalized spacial score (nSPS) is 14.9. The van der Waals surface area contributed by atoms with Crippen molar-refractivity contribution < 1.29 is 4.74 Å². The molecule has 1 aromatic carbocycles. The van der Waals surface area contributed by atoms with Crippen LogP contribution in [0.2, 0.25) is 0 Å². The van der Waals surface area contributed by atoms with E-state index in [2.05, 4.69) is 11.4 Å². The standard InChI is InChI=1S/C10H11NO/c1-8-6-11-10-5-3-2-4-9(10)7-12-8/h2-6,11H,7H2,1H3. The summed E-state index contributed by atoms with van der Waals surface area (Å²) in [6.07, 6.45) is 1.88. The number of hydrogen-bond acceptors (Lipinski definition) is 2. The third kappa shape index (κ3) is 1.28. The van der Waals surface area contributed by atoms with Crippen molar-refractivity contribution in [2.24, 2.45) is 0 Å². The highest BCUT2D eigenvalue weighted by atomic mass is 16.5. The van der Waals surface area contributed by atoms with Crippen molar-refractivity contribution in [2.45, 2.75) is 13.5 Å². The molecule has 0 aliphatic carbocycles. The number of hydrogen-bond donors (Lipinski definition) is 1. The Labute approximate surface area is 71.9 Å². The van der Waals surface area contributed by atoms with Crippen molar-refractivity contribution in [3.05, 3.63) is 41.8 Å². The van der Waals surface area contributed by atoms with Gasteiger partial charge in [0.05, 0.1) is 0 Å². The van der Waals surface area contributed by atoms with Crippen molar-refractivity contribution in [2.75, 3.05) is 5.32 Å². The first kappa shape index (κ1) is 7.22. The average Bonchev–Trinajstić information content (AvgIpc) is 2.29. The van der Waals surface area contributed by atoms with Crippen molar-refractivity contribution in [1.82, 2.24) is 0 Å². The van der Waals surface area contributed by atoms with Crippen LogP contribution in [0.3, 0.4) is 0 Å². The van der Waals surface area contributed by atoms with Crippen molar-refractivity contribution in [3.63, 3.8) is 0 Å². The summed E-state index contributed by atoms with van der Waals surface area (Å²) in [5.41, 5.74) is 2.33. The van der Waals surface area contributed by atoms with Crippen LogP contribution in [0.15, 0.2) is 36.2 Å². The van der Waals surface area contributed by atoms with E-state index in [0.29, 0.717) is 6.61 Å². The summed E-state index contributed by atoms with van der Waals surface area (Å²) >= 11 is 0. The lowest BCUT2D eigenvalue weighted by molar-refractivity contribution is 0.203. The summed E-state index contributed by atoms with van der Waals surface area (Å²) in [6, 6.07) is 8.15. The number of rotatable bonds is 0. The summed E-state index contributed by atoms with van der Waals surface area (Å²) in [4.78, 5) is 0. The molecule has 2 heteroatoms. The van der Waals surface area contributed by atoms with Gasteiger partial charge >= 0.3 is 0 Å². The third-order valence-corrected chi connectivity index (χ3v) is 1.90. The van der Waals surface area contributed by atoms with Crippen LogP contribution in [0.1, 0.15) is 12.5 Å². The lowest BCUT2D eigenvalue weighted by Crippen LogP contribution is -1.90. The van der Waals surface area contributed by atoms with Gasteiger partial charge in [-0.3, -0.25) is 0 Å². The molecule has 0 unspecified atom stereocenters. The first-order valence-corrected chi connectivity index (χ1v) is 4.00. The lowest BCUT2D eigenvalue weighted by Gasteiger charge is -2.04. The molecule has 0 atom stereocenters. The molecule has 0 spiro atoms. The number of anilines is 1. The number of nitrogens with one attached hydrogen (secondary N) is 1. The maximum atomic E-state index is 5.43. The van der Waals surface area contributed by atoms with Crippen LogP contribution in [0.4, 0.5) is 5.69 Å². The van der Waals surface area contributed by atoms with Gasteiger partial charge in [0.2, 0.25) is 0 Å². The fourth-order valence-electron chi connectivity index (χ4n) is 1.20. The number of ether oxygens (including phenoxy) is 1. The highest BCUT2D eigenvalue weighted by Gasteiger charge is 2.04. The lowest BCUT2D eigenvalue weighted by atomic mass is 10.2. The first-order chi connectivity index (χ1) is 5.86. The third-order valence-electron chi connectivity index (χ3n) is 1.90. The van der Waals surface area contributed by atoms with Gasteiger partial charge < -0.3 is 10.1 Å². The molecule has 0 amide bonds. The smallest absolute Gasteiger partial charge is 0.115 e. The fourth-order valence-corrected chi connectivity index (χ4v) is 1.20. The molecular formula is C10H11NO. The van der Waals surface area contributed by atoms with Gasteiger partial charge in [0, 0.05) is 17.5 Å². The van der Waals surface area contributed by atoms with E-state index >= 15 is 0 Å². The zero-order valence-corrected chi connectivity index (χ0v) is 7.00. The fraction of sp³-hybridized carbons (Fsp3) is 0.200. The monoisotopic (exact) mass is 161 g/mol. The zero-order valence-electron chi connectivity index (χ0n) is 7.00. The molecule has 0 radical (unpaired) electrons. The second-order valence-electron chi connectivity index (χ2n) is 2.85. The molecule has 1 aliphatic rings. The minimum atomic E-state index is 0.658. The quantitative estimate of drug-likeness (QED) is 0.631. The molecule has 2 nitrogen and oxygen atoms in total. The van der Waals surface area contributed by atoms with Crippen molar-refractivity contribution >= 4 is 5.69 Å². The maximum absolute atomic E-state index is 5.43. The van der Waals surface area contributed by atoms with Gasteiger partial charge in [0.25, 0.3) is 0 Å². The topological polar surface area (TPSA) is 21.3 Å². The second kappa shape index (κ2) is 2.89. The predicted octanol–water partition coefficient (Wildman–Crippen LogP) is 2.49. The molecule has 0 bridgehead atoms. The molecule has 1 heterocycles. The highest BCUT2D eigenvalue weighted by Crippen LogP contribution is 2.20. The van der Waals surface area contributed by atoms with E-state index in [0.717, 1.165) is 11.4 Å². The van der Waals surface area contributed by atoms with Gasteiger partial charge in [-0.25, -0.2) is 0 Å². The molecule has 1 aliphatic heterocycles. The molecule has 2 rings (SSSR count). The molecule has 12 heavy (non-hydrogen) atoms. The Morgan fingerprint density at radius 3 is 3.08 bits per heavy atom. The summed E-state index contributed by atoms with van der Waals surface area (Å²) in [6.45, 7) is 2.60. The average molecular weight is 161 g/mol. The van der Waals surface area contributed by atoms with Gasteiger partial charge in [0.1, 0.15) is 12.4 Å². The van der Waals surface area contributed by atoms with E-state index in [1.54, 1.807) is 0 Å². The van der Waals surface area contributed by atoms with Crippen LogP contribution in [-0.2, 0) is 11.3 Å². The maximum Gasteiger partial charge on any atom is 0.115 e. The largest absolute Gasteiger partial charge is 0.492 e. The van der Waals surface area contributed by atoms with E-state index in [1.165, 1.54) is 5.56 Å². The molecule has 0 saturated carbocycles. The molecule has 1 N–H and O–H groups in total. The van der Waals surface area contributed by atoms with Crippen molar-refractivity contribution in [1.29, 1.82) is 0 Å². The summed E-state index contributed by atoms with van der Waals surface area (Å²) in [7, 11) is 0. The van der Waals surface area contributed by atoms with Crippen molar-refractivity contribution in [3.8, 4) is 0 Å².